The summed E-state index contributed by atoms with van der Waals surface area (Å²) in [5.41, 5.74) is 1.89. The van der Waals surface area contributed by atoms with Crippen LogP contribution in [0.3, 0.4) is 0 Å². The molecule has 1 heterocycles. The first-order chi connectivity index (χ1) is 8.74. The van der Waals surface area contributed by atoms with Crippen LogP contribution in [-0.2, 0) is 6.42 Å². The van der Waals surface area contributed by atoms with Gasteiger partial charge >= 0.3 is 0 Å². The van der Waals surface area contributed by atoms with Gasteiger partial charge in [-0.05, 0) is 24.6 Å². The Hall–Kier alpha value is -2.35. The van der Waals surface area contributed by atoms with Gasteiger partial charge in [-0.3, -0.25) is 0 Å². The first-order valence-electron chi connectivity index (χ1n) is 5.59. The van der Waals surface area contributed by atoms with Crippen LogP contribution in [-0.4, -0.2) is 17.3 Å². The molecule has 0 fully saturated rings. The largest absolute Gasteiger partial charge is 0.496 e. The number of ether oxygens (including phenoxy) is 1. The highest BCUT2D eigenvalue weighted by Crippen LogP contribution is 2.28. The van der Waals surface area contributed by atoms with Gasteiger partial charge in [0.05, 0.1) is 18.7 Å². The topological polar surface area (TPSA) is 71.9 Å². The molecule has 5 heteroatoms. The van der Waals surface area contributed by atoms with E-state index in [0.29, 0.717) is 30.3 Å². The van der Waals surface area contributed by atoms with E-state index in [1.54, 1.807) is 7.11 Å². The number of rotatable bonds is 4. The summed E-state index contributed by atoms with van der Waals surface area (Å²) in [4.78, 5) is 4.25. The SMILES string of the molecule is COc1cc(C)ccc1-c1noc(CCC#N)n1. The summed E-state index contributed by atoms with van der Waals surface area (Å²) in [7, 11) is 1.61. The Balaban J connectivity index is 2.31. The van der Waals surface area contributed by atoms with Crippen LogP contribution in [0.1, 0.15) is 17.9 Å². The fourth-order valence-corrected chi connectivity index (χ4v) is 1.61. The van der Waals surface area contributed by atoms with Crippen LogP contribution in [0, 0.1) is 18.3 Å². The van der Waals surface area contributed by atoms with E-state index in [2.05, 4.69) is 10.1 Å². The van der Waals surface area contributed by atoms with E-state index in [0.717, 1.165) is 11.1 Å². The number of aryl methyl sites for hydroxylation is 2. The zero-order valence-corrected chi connectivity index (χ0v) is 10.3. The maximum absolute atomic E-state index is 8.50. The first kappa shape index (κ1) is 12.1. The summed E-state index contributed by atoms with van der Waals surface area (Å²) < 4.78 is 10.4. The number of hydrogen-bond acceptors (Lipinski definition) is 5. The van der Waals surface area contributed by atoms with Crippen molar-refractivity contribution in [1.82, 2.24) is 10.1 Å². The van der Waals surface area contributed by atoms with Crippen molar-refractivity contribution in [3.05, 3.63) is 29.7 Å². The van der Waals surface area contributed by atoms with Gasteiger partial charge in [-0.15, -0.1) is 0 Å². The molecule has 1 aromatic carbocycles. The smallest absolute Gasteiger partial charge is 0.227 e. The van der Waals surface area contributed by atoms with E-state index in [1.807, 2.05) is 31.2 Å². The summed E-state index contributed by atoms with van der Waals surface area (Å²) >= 11 is 0. The lowest BCUT2D eigenvalue weighted by Crippen LogP contribution is -1.90. The van der Waals surface area contributed by atoms with Crippen molar-refractivity contribution in [2.24, 2.45) is 0 Å². The minimum atomic E-state index is 0.368. The van der Waals surface area contributed by atoms with Crippen molar-refractivity contribution in [3.8, 4) is 23.2 Å². The van der Waals surface area contributed by atoms with Crippen molar-refractivity contribution < 1.29 is 9.26 Å². The average molecular weight is 243 g/mol. The molecule has 0 aliphatic heterocycles. The normalized spacial score (nSPS) is 10.1. The summed E-state index contributed by atoms with van der Waals surface area (Å²) in [6.07, 6.45) is 0.838. The van der Waals surface area contributed by atoms with Gasteiger partial charge in [0.15, 0.2) is 0 Å². The average Bonchev–Trinajstić information content (AvgIpc) is 2.84. The number of aromatic nitrogens is 2. The van der Waals surface area contributed by atoms with Gasteiger partial charge in [-0.25, -0.2) is 0 Å². The maximum Gasteiger partial charge on any atom is 0.227 e. The van der Waals surface area contributed by atoms with Crippen LogP contribution in [0.4, 0.5) is 0 Å². The lowest BCUT2D eigenvalue weighted by atomic mass is 10.1. The molecule has 0 saturated heterocycles. The molecule has 18 heavy (non-hydrogen) atoms. The Bertz CT molecular complexity index is 584. The minimum absolute atomic E-state index is 0.368. The fourth-order valence-electron chi connectivity index (χ4n) is 1.61. The third kappa shape index (κ3) is 2.48. The Kier molecular flexibility index (Phi) is 3.58. The van der Waals surface area contributed by atoms with Crippen molar-refractivity contribution in [2.75, 3.05) is 7.11 Å². The molecule has 0 atom stereocenters. The van der Waals surface area contributed by atoms with E-state index in [9.17, 15) is 0 Å². The zero-order chi connectivity index (χ0) is 13.0. The Morgan fingerprint density at radius 3 is 3.00 bits per heavy atom. The van der Waals surface area contributed by atoms with Crippen molar-refractivity contribution in [3.63, 3.8) is 0 Å². The molecule has 2 aromatic rings. The number of benzene rings is 1. The molecule has 92 valence electrons. The highest BCUT2D eigenvalue weighted by molar-refractivity contribution is 5.64. The highest BCUT2D eigenvalue weighted by Gasteiger charge is 2.13. The van der Waals surface area contributed by atoms with E-state index in [4.69, 9.17) is 14.5 Å². The van der Waals surface area contributed by atoms with Crippen LogP contribution in [0.2, 0.25) is 0 Å². The van der Waals surface area contributed by atoms with Gasteiger partial charge in [0.1, 0.15) is 5.75 Å². The molecule has 0 amide bonds. The van der Waals surface area contributed by atoms with Crippen LogP contribution in [0.15, 0.2) is 22.7 Å². The summed E-state index contributed by atoms with van der Waals surface area (Å²) in [5, 5.41) is 12.4. The summed E-state index contributed by atoms with van der Waals surface area (Å²) in [5.74, 6) is 1.66. The summed E-state index contributed by atoms with van der Waals surface area (Å²) in [6, 6.07) is 7.82. The molecule has 0 unspecified atom stereocenters. The Morgan fingerprint density at radius 2 is 2.28 bits per heavy atom. The Labute approximate surface area is 105 Å². The Morgan fingerprint density at radius 1 is 1.44 bits per heavy atom. The monoisotopic (exact) mass is 243 g/mol. The molecule has 0 N–H and O–H groups in total. The quantitative estimate of drug-likeness (QED) is 0.825. The minimum Gasteiger partial charge on any atom is -0.496 e. The van der Waals surface area contributed by atoms with Crippen LogP contribution in [0.5, 0.6) is 5.75 Å². The molecule has 0 radical (unpaired) electrons. The molecule has 2 rings (SSSR count). The van der Waals surface area contributed by atoms with Gasteiger partial charge in [-0.2, -0.15) is 10.2 Å². The lowest BCUT2D eigenvalue weighted by molar-refractivity contribution is 0.379. The second kappa shape index (κ2) is 5.32. The highest BCUT2D eigenvalue weighted by atomic mass is 16.5. The van der Waals surface area contributed by atoms with Gasteiger partial charge in [0.2, 0.25) is 11.7 Å². The van der Waals surface area contributed by atoms with Crippen molar-refractivity contribution in [1.29, 1.82) is 5.26 Å². The summed E-state index contributed by atoms with van der Waals surface area (Å²) in [6.45, 7) is 1.99. The predicted octanol–water partition coefficient (Wildman–Crippen LogP) is 2.51. The van der Waals surface area contributed by atoms with Crippen LogP contribution in [0.25, 0.3) is 11.4 Å². The maximum atomic E-state index is 8.50. The van der Waals surface area contributed by atoms with Crippen molar-refractivity contribution in [2.45, 2.75) is 19.8 Å². The third-order valence-electron chi connectivity index (χ3n) is 2.52. The van der Waals surface area contributed by atoms with Gasteiger partial charge < -0.3 is 9.26 Å². The first-order valence-corrected chi connectivity index (χ1v) is 5.59. The van der Waals surface area contributed by atoms with E-state index >= 15 is 0 Å². The molecular weight excluding hydrogens is 230 g/mol. The molecular formula is C13H13N3O2. The van der Waals surface area contributed by atoms with E-state index in [1.165, 1.54) is 0 Å². The molecule has 0 spiro atoms. The number of hydrogen-bond donors (Lipinski definition) is 0. The van der Waals surface area contributed by atoms with Gasteiger partial charge in [0, 0.05) is 12.8 Å². The number of nitrogens with zero attached hydrogens (tertiary/aromatic N) is 3. The van der Waals surface area contributed by atoms with Gasteiger partial charge in [0.25, 0.3) is 0 Å². The molecule has 5 nitrogen and oxygen atoms in total. The van der Waals surface area contributed by atoms with Crippen LogP contribution >= 0.6 is 0 Å². The standard InChI is InChI=1S/C13H13N3O2/c1-9-5-6-10(11(8-9)17-2)13-15-12(18-16-13)4-3-7-14/h5-6,8H,3-4H2,1-2H3. The number of nitriles is 1. The second-order valence-corrected chi connectivity index (χ2v) is 3.87. The molecule has 0 saturated carbocycles. The molecule has 0 bridgehead atoms. The third-order valence-corrected chi connectivity index (χ3v) is 2.52. The fraction of sp³-hybridized carbons (Fsp3) is 0.308. The lowest BCUT2D eigenvalue weighted by Gasteiger charge is -2.05. The van der Waals surface area contributed by atoms with Crippen LogP contribution < -0.4 is 4.74 Å². The second-order valence-electron chi connectivity index (χ2n) is 3.87. The molecule has 0 aliphatic carbocycles. The van der Waals surface area contributed by atoms with E-state index in [-0.39, 0.29) is 0 Å². The van der Waals surface area contributed by atoms with Gasteiger partial charge in [-0.1, -0.05) is 11.2 Å². The van der Waals surface area contributed by atoms with Crippen molar-refractivity contribution >= 4 is 0 Å². The molecule has 1 aromatic heterocycles. The predicted molar refractivity (Wildman–Crippen MR) is 65.0 cm³/mol. The number of methoxy groups -OCH3 is 1. The van der Waals surface area contributed by atoms with E-state index < -0.39 is 0 Å². The molecule has 0 aliphatic rings. The zero-order valence-electron chi connectivity index (χ0n) is 10.3.